The lowest BCUT2D eigenvalue weighted by Crippen LogP contribution is -2.46. The van der Waals surface area contributed by atoms with Crippen LogP contribution in [0.5, 0.6) is 17.2 Å². The molecule has 21 heavy (non-hydrogen) atoms. The summed E-state index contributed by atoms with van der Waals surface area (Å²) in [6.07, 6.45) is -6.84. The lowest BCUT2D eigenvalue weighted by molar-refractivity contribution is -0.136. The van der Waals surface area contributed by atoms with Crippen molar-refractivity contribution >= 4 is 6.29 Å². The Morgan fingerprint density at radius 1 is 0.857 bits per heavy atom. The zero-order valence-electron chi connectivity index (χ0n) is 10.8. The van der Waals surface area contributed by atoms with E-state index in [-0.39, 0.29) is 23.5 Å². The molecule has 8 N–H and O–H groups in total. The highest BCUT2D eigenvalue weighted by atomic mass is 16.4. The Morgan fingerprint density at radius 2 is 1.24 bits per heavy atom. The van der Waals surface area contributed by atoms with E-state index in [1.54, 1.807) is 0 Å². The van der Waals surface area contributed by atoms with Gasteiger partial charge in [0.05, 0.1) is 6.61 Å². The Bertz CT molecular complexity index is 386. The molecule has 0 heterocycles. The van der Waals surface area contributed by atoms with Crippen LogP contribution in [0.4, 0.5) is 0 Å². The molecule has 1 rings (SSSR count). The fourth-order valence-electron chi connectivity index (χ4n) is 1.20. The quantitative estimate of drug-likeness (QED) is 0.271. The van der Waals surface area contributed by atoms with E-state index in [1.807, 2.05) is 0 Å². The zero-order chi connectivity index (χ0) is 16.6. The fourth-order valence-corrected chi connectivity index (χ4v) is 1.20. The highest BCUT2D eigenvalue weighted by Crippen LogP contribution is 2.23. The van der Waals surface area contributed by atoms with Crippen LogP contribution >= 0.6 is 0 Å². The predicted octanol–water partition coefficient (Wildman–Crippen LogP) is -2.58. The first-order valence-corrected chi connectivity index (χ1v) is 5.73. The number of carbonyl (C=O) groups excluding carboxylic acids is 1. The zero-order valence-corrected chi connectivity index (χ0v) is 10.8. The van der Waals surface area contributed by atoms with Crippen LogP contribution in [0.15, 0.2) is 18.2 Å². The van der Waals surface area contributed by atoms with Crippen LogP contribution in [0.25, 0.3) is 0 Å². The molecular formula is C12H18O9. The van der Waals surface area contributed by atoms with Crippen LogP contribution in [0.3, 0.4) is 0 Å². The van der Waals surface area contributed by atoms with Gasteiger partial charge >= 0.3 is 0 Å². The van der Waals surface area contributed by atoms with E-state index in [0.29, 0.717) is 0 Å². The smallest absolute Gasteiger partial charge is 0.151 e. The molecule has 0 saturated heterocycles. The first-order valence-electron chi connectivity index (χ1n) is 5.73. The molecule has 0 bridgehead atoms. The number of carbonyl (C=O) groups is 1. The Hall–Kier alpha value is -1.91. The van der Waals surface area contributed by atoms with Gasteiger partial charge < -0.3 is 45.6 Å². The molecule has 0 spiro atoms. The van der Waals surface area contributed by atoms with E-state index in [9.17, 15) is 4.79 Å². The lowest BCUT2D eigenvalue weighted by Gasteiger charge is -2.22. The number of hydrogen-bond donors (Lipinski definition) is 8. The molecule has 4 atom stereocenters. The van der Waals surface area contributed by atoms with E-state index >= 15 is 0 Å². The summed E-state index contributed by atoms with van der Waals surface area (Å²) >= 11 is 0. The van der Waals surface area contributed by atoms with Gasteiger partial charge in [0.2, 0.25) is 0 Å². The Kier molecular flexibility index (Phi) is 8.28. The van der Waals surface area contributed by atoms with E-state index < -0.39 is 31.0 Å². The SMILES string of the molecule is O=CC(O)C(O)C(O)C(O)CO.Oc1cc(O)cc(O)c1. The molecule has 9 nitrogen and oxygen atoms in total. The van der Waals surface area contributed by atoms with Crippen molar-refractivity contribution in [3.05, 3.63) is 18.2 Å². The van der Waals surface area contributed by atoms with Crippen molar-refractivity contribution in [1.29, 1.82) is 0 Å². The highest BCUT2D eigenvalue weighted by Gasteiger charge is 2.29. The Labute approximate surface area is 119 Å². The van der Waals surface area contributed by atoms with Crippen molar-refractivity contribution in [2.75, 3.05) is 6.61 Å². The molecule has 0 aromatic heterocycles. The maximum atomic E-state index is 9.90. The summed E-state index contributed by atoms with van der Waals surface area (Å²) in [4.78, 5) is 9.90. The molecule has 0 saturated carbocycles. The number of aldehydes is 1. The molecular weight excluding hydrogens is 288 g/mol. The van der Waals surface area contributed by atoms with Crippen molar-refractivity contribution in [3.8, 4) is 17.2 Å². The van der Waals surface area contributed by atoms with Crippen LogP contribution < -0.4 is 0 Å². The second-order valence-corrected chi connectivity index (χ2v) is 4.07. The van der Waals surface area contributed by atoms with E-state index in [0.717, 1.165) is 18.2 Å². The van der Waals surface area contributed by atoms with Gasteiger partial charge in [0.1, 0.15) is 41.7 Å². The van der Waals surface area contributed by atoms with Gasteiger partial charge in [-0.15, -0.1) is 0 Å². The second kappa shape index (κ2) is 9.10. The van der Waals surface area contributed by atoms with Gasteiger partial charge in [0.25, 0.3) is 0 Å². The number of phenols is 3. The molecule has 0 amide bonds. The third kappa shape index (κ3) is 6.88. The summed E-state index contributed by atoms with van der Waals surface area (Å²) in [5.74, 6) is -0.437. The minimum Gasteiger partial charge on any atom is -0.508 e. The van der Waals surface area contributed by atoms with Crippen molar-refractivity contribution in [1.82, 2.24) is 0 Å². The van der Waals surface area contributed by atoms with Crippen molar-refractivity contribution in [3.63, 3.8) is 0 Å². The topological polar surface area (TPSA) is 179 Å². The van der Waals surface area contributed by atoms with Crippen molar-refractivity contribution in [2.24, 2.45) is 0 Å². The number of aliphatic hydroxyl groups excluding tert-OH is 5. The maximum Gasteiger partial charge on any atom is 0.151 e. The molecule has 1 aromatic carbocycles. The molecule has 0 radical (unpaired) electrons. The van der Waals surface area contributed by atoms with Gasteiger partial charge in [-0.3, -0.25) is 0 Å². The lowest BCUT2D eigenvalue weighted by atomic mass is 10.0. The van der Waals surface area contributed by atoms with E-state index in [4.69, 9.17) is 40.9 Å². The summed E-state index contributed by atoms with van der Waals surface area (Å²) in [5, 5.41) is 69.6. The number of hydrogen-bond acceptors (Lipinski definition) is 9. The number of benzene rings is 1. The highest BCUT2D eigenvalue weighted by molar-refractivity contribution is 5.56. The number of aliphatic hydroxyl groups is 5. The maximum absolute atomic E-state index is 9.90. The molecule has 0 aliphatic rings. The summed E-state index contributed by atoms with van der Waals surface area (Å²) in [7, 11) is 0. The third-order valence-corrected chi connectivity index (χ3v) is 2.31. The summed E-state index contributed by atoms with van der Waals surface area (Å²) in [6.45, 7) is -0.760. The van der Waals surface area contributed by atoms with E-state index in [2.05, 4.69) is 0 Å². The van der Waals surface area contributed by atoms with Crippen LogP contribution in [-0.4, -0.2) is 78.2 Å². The van der Waals surface area contributed by atoms with Crippen LogP contribution in [-0.2, 0) is 4.79 Å². The first kappa shape index (κ1) is 19.1. The fraction of sp³-hybridized carbons (Fsp3) is 0.417. The minimum atomic E-state index is -1.79. The van der Waals surface area contributed by atoms with Gasteiger partial charge in [-0.25, -0.2) is 0 Å². The minimum absolute atomic E-state index is 0.0258. The number of aromatic hydroxyl groups is 3. The second-order valence-electron chi connectivity index (χ2n) is 4.07. The molecule has 120 valence electrons. The summed E-state index contributed by atoms with van der Waals surface area (Å²) in [5.41, 5.74) is 0. The Balaban J connectivity index is 0.000000394. The number of phenolic OH excluding ortho intramolecular Hbond substituents is 3. The standard InChI is InChI=1S/C6H12O6.C6H6O3/c7-1-3(9)5(11)6(12)4(10)2-8;7-4-1-5(8)3-6(9)2-4/h1,3-6,8-12H,2H2;1-3,7-9H. The van der Waals surface area contributed by atoms with Crippen LogP contribution in [0, 0.1) is 0 Å². The van der Waals surface area contributed by atoms with Crippen molar-refractivity contribution < 1.29 is 45.6 Å². The average Bonchev–Trinajstić information content (AvgIpc) is 2.43. The van der Waals surface area contributed by atoms with Gasteiger partial charge in [-0.2, -0.15) is 0 Å². The monoisotopic (exact) mass is 306 g/mol. The largest absolute Gasteiger partial charge is 0.508 e. The predicted molar refractivity (Wildman–Crippen MR) is 68.6 cm³/mol. The molecule has 1 aromatic rings. The first-order chi connectivity index (χ1) is 9.72. The molecule has 0 fully saturated rings. The van der Waals surface area contributed by atoms with Crippen LogP contribution in [0.1, 0.15) is 0 Å². The van der Waals surface area contributed by atoms with Gasteiger partial charge in [0.15, 0.2) is 6.29 Å². The van der Waals surface area contributed by atoms with Gasteiger partial charge in [-0.05, 0) is 0 Å². The molecule has 0 aliphatic heterocycles. The van der Waals surface area contributed by atoms with E-state index in [1.165, 1.54) is 0 Å². The Morgan fingerprint density at radius 3 is 1.52 bits per heavy atom. The average molecular weight is 306 g/mol. The third-order valence-electron chi connectivity index (χ3n) is 2.31. The number of rotatable bonds is 5. The molecule has 9 heteroatoms. The van der Waals surface area contributed by atoms with Crippen LogP contribution in [0.2, 0.25) is 0 Å². The summed E-state index contributed by atoms with van der Waals surface area (Å²) < 4.78 is 0. The normalized spacial score (nSPS) is 16.0. The van der Waals surface area contributed by atoms with Gasteiger partial charge in [0, 0.05) is 18.2 Å². The van der Waals surface area contributed by atoms with Crippen molar-refractivity contribution in [2.45, 2.75) is 24.4 Å². The molecule has 0 aliphatic carbocycles. The molecule has 4 unspecified atom stereocenters. The van der Waals surface area contributed by atoms with Gasteiger partial charge in [-0.1, -0.05) is 0 Å². The summed E-state index contributed by atoms with van der Waals surface area (Å²) in [6, 6.07) is 3.42.